The second-order valence-corrected chi connectivity index (χ2v) is 4.68. The summed E-state index contributed by atoms with van der Waals surface area (Å²) in [6.07, 6.45) is 8.12. The van der Waals surface area contributed by atoms with Crippen molar-refractivity contribution in [3.63, 3.8) is 0 Å². The van der Waals surface area contributed by atoms with Crippen molar-refractivity contribution in [1.82, 2.24) is 0 Å². The van der Waals surface area contributed by atoms with Crippen LogP contribution >= 0.6 is 11.8 Å². The van der Waals surface area contributed by atoms with Crippen LogP contribution in [-0.4, -0.2) is 17.0 Å². The Morgan fingerprint density at radius 1 is 1.45 bits per heavy atom. The number of hydrogen-bond acceptors (Lipinski definition) is 2. The topological polar surface area (TPSA) is 26.0 Å². The third-order valence-electron chi connectivity index (χ3n) is 2.13. The third-order valence-corrected chi connectivity index (χ3v) is 3.86. The molecule has 0 aliphatic heterocycles. The van der Waals surface area contributed by atoms with Gasteiger partial charge in [-0.3, -0.25) is 0 Å². The molecule has 0 spiro atoms. The first-order valence-corrected chi connectivity index (χ1v) is 5.30. The van der Waals surface area contributed by atoms with Gasteiger partial charge in [-0.25, -0.2) is 0 Å². The average Bonchev–Trinajstić information content (AvgIpc) is 2.50. The standard InChI is InChI=1S/C9H17NS/c1-2-7-11-9(8-10)5-3-4-6-9/h3-4H,2,5-8,10H2,1H3. The Morgan fingerprint density at radius 2 is 2.09 bits per heavy atom. The molecular weight excluding hydrogens is 154 g/mol. The number of allylic oxidation sites excluding steroid dienone is 2. The Kier molecular flexibility index (Phi) is 3.46. The van der Waals surface area contributed by atoms with E-state index in [9.17, 15) is 0 Å². The van der Waals surface area contributed by atoms with Crippen LogP contribution in [0.1, 0.15) is 26.2 Å². The Hall–Kier alpha value is 0.0500. The number of rotatable bonds is 4. The largest absolute Gasteiger partial charge is 0.329 e. The van der Waals surface area contributed by atoms with Crippen LogP contribution in [0, 0.1) is 0 Å². The van der Waals surface area contributed by atoms with Gasteiger partial charge in [0.15, 0.2) is 0 Å². The molecule has 11 heavy (non-hydrogen) atoms. The molecule has 0 fully saturated rings. The van der Waals surface area contributed by atoms with Gasteiger partial charge in [-0.05, 0) is 25.0 Å². The van der Waals surface area contributed by atoms with Gasteiger partial charge in [0.1, 0.15) is 0 Å². The second kappa shape index (κ2) is 4.17. The van der Waals surface area contributed by atoms with E-state index in [0.717, 1.165) is 6.54 Å². The molecule has 0 heterocycles. The van der Waals surface area contributed by atoms with Gasteiger partial charge in [-0.2, -0.15) is 11.8 Å². The summed E-state index contributed by atoms with van der Waals surface area (Å²) in [7, 11) is 0. The van der Waals surface area contributed by atoms with Crippen LogP contribution in [0.4, 0.5) is 0 Å². The van der Waals surface area contributed by atoms with Crippen molar-refractivity contribution in [1.29, 1.82) is 0 Å². The van der Waals surface area contributed by atoms with Crippen LogP contribution in [0.15, 0.2) is 12.2 Å². The van der Waals surface area contributed by atoms with Crippen LogP contribution in [0.3, 0.4) is 0 Å². The molecule has 0 radical (unpaired) electrons. The van der Waals surface area contributed by atoms with E-state index in [1.807, 2.05) is 11.8 Å². The quantitative estimate of drug-likeness (QED) is 0.656. The summed E-state index contributed by atoms with van der Waals surface area (Å²) in [6.45, 7) is 3.05. The van der Waals surface area contributed by atoms with Crippen LogP contribution in [0.2, 0.25) is 0 Å². The minimum atomic E-state index is 0.371. The van der Waals surface area contributed by atoms with Crippen LogP contribution in [0.5, 0.6) is 0 Å². The molecule has 1 aliphatic carbocycles. The van der Waals surface area contributed by atoms with Gasteiger partial charge in [0.25, 0.3) is 0 Å². The summed E-state index contributed by atoms with van der Waals surface area (Å²) in [5, 5.41) is 0. The Balaban J connectivity index is 2.35. The molecule has 0 aromatic carbocycles. The van der Waals surface area contributed by atoms with Crippen LogP contribution in [0.25, 0.3) is 0 Å². The minimum absolute atomic E-state index is 0.371. The van der Waals surface area contributed by atoms with Gasteiger partial charge in [0.2, 0.25) is 0 Å². The first-order valence-electron chi connectivity index (χ1n) is 4.32. The SMILES string of the molecule is CCCSC1(CN)CC=CC1. The molecule has 0 bridgehead atoms. The van der Waals surface area contributed by atoms with Gasteiger partial charge in [0, 0.05) is 11.3 Å². The lowest BCUT2D eigenvalue weighted by molar-refractivity contribution is 0.641. The Bertz CT molecular complexity index is 134. The molecule has 0 unspecified atom stereocenters. The number of nitrogens with two attached hydrogens (primary N) is 1. The molecule has 0 amide bonds. The Labute approximate surface area is 73.4 Å². The first-order chi connectivity index (χ1) is 5.33. The molecule has 2 N–H and O–H groups in total. The molecule has 1 rings (SSSR count). The molecule has 0 aromatic heterocycles. The molecule has 2 heteroatoms. The summed E-state index contributed by atoms with van der Waals surface area (Å²) < 4.78 is 0.371. The lowest BCUT2D eigenvalue weighted by Crippen LogP contribution is -2.31. The van der Waals surface area contributed by atoms with E-state index in [0.29, 0.717) is 4.75 Å². The Morgan fingerprint density at radius 3 is 2.55 bits per heavy atom. The highest BCUT2D eigenvalue weighted by molar-refractivity contribution is 8.00. The third kappa shape index (κ3) is 2.24. The molecule has 1 nitrogen and oxygen atoms in total. The van der Waals surface area contributed by atoms with Gasteiger partial charge in [0.05, 0.1) is 0 Å². The van der Waals surface area contributed by atoms with E-state index in [1.54, 1.807) is 0 Å². The first kappa shape index (κ1) is 9.14. The average molecular weight is 171 g/mol. The fraction of sp³-hybridized carbons (Fsp3) is 0.778. The minimum Gasteiger partial charge on any atom is -0.329 e. The predicted molar refractivity (Wildman–Crippen MR) is 52.9 cm³/mol. The smallest absolute Gasteiger partial charge is 0.0350 e. The zero-order valence-electron chi connectivity index (χ0n) is 7.18. The molecule has 0 saturated heterocycles. The van der Waals surface area contributed by atoms with E-state index in [2.05, 4.69) is 19.1 Å². The van der Waals surface area contributed by atoms with Crippen LogP contribution in [-0.2, 0) is 0 Å². The van der Waals surface area contributed by atoms with Gasteiger partial charge >= 0.3 is 0 Å². The molecule has 1 aliphatic rings. The highest BCUT2D eigenvalue weighted by Gasteiger charge is 2.28. The monoisotopic (exact) mass is 171 g/mol. The fourth-order valence-electron chi connectivity index (χ4n) is 1.34. The van der Waals surface area contributed by atoms with Crippen LogP contribution < -0.4 is 5.73 Å². The maximum absolute atomic E-state index is 5.75. The summed E-state index contributed by atoms with van der Waals surface area (Å²) in [4.78, 5) is 0. The van der Waals surface area contributed by atoms with Crippen molar-refractivity contribution < 1.29 is 0 Å². The van der Waals surface area contributed by atoms with E-state index in [-0.39, 0.29) is 0 Å². The maximum Gasteiger partial charge on any atom is 0.0350 e. The lowest BCUT2D eigenvalue weighted by atomic mass is 10.1. The van der Waals surface area contributed by atoms with Crippen molar-refractivity contribution >= 4 is 11.8 Å². The molecule has 64 valence electrons. The fourth-order valence-corrected chi connectivity index (χ4v) is 2.52. The molecular formula is C9H17NS. The number of thioether (sulfide) groups is 1. The summed E-state index contributed by atoms with van der Waals surface area (Å²) in [6, 6.07) is 0. The van der Waals surface area contributed by atoms with Crippen molar-refractivity contribution in [2.24, 2.45) is 5.73 Å². The number of hydrogen-bond donors (Lipinski definition) is 1. The van der Waals surface area contributed by atoms with E-state index >= 15 is 0 Å². The highest BCUT2D eigenvalue weighted by Crippen LogP contribution is 2.36. The molecule has 0 aromatic rings. The van der Waals surface area contributed by atoms with Gasteiger partial charge in [-0.15, -0.1) is 0 Å². The van der Waals surface area contributed by atoms with Crippen molar-refractivity contribution in [3.8, 4) is 0 Å². The zero-order valence-corrected chi connectivity index (χ0v) is 7.99. The van der Waals surface area contributed by atoms with E-state index in [1.165, 1.54) is 25.0 Å². The van der Waals surface area contributed by atoms with Gasteiger partial charge < -0.3 is 5.73 Å². The normalized spacial score (nSPS) is 20.9. The van der Waals surface area contributed by atoms with E-state index in [4.69, 9.17) is 5.73 Å². The summed E-state index contributed by atoms with van der Waals surface area (Å²) >= 11 is 2.04. The second-order valence-electron chi connectivity index (χ2n) is 3.12. The summed E-state index contributed by atoms with van der Waals surface area (Å²) in [5.41, 5.74) is 5.75. The van der Waals surface area contributed by atoms with Crippen molar-refractivity contribution in [2.45, 2.75) is 30.9 Å². The van der Waals surface area contributed by atoms with Crippen molar-refractivity contribution in [2.75, 3.05) is 12.3 Å². The van der Waals surface area contributed by atoms with Gasteiger partial charge in [-0.1, -0.05) is 19.1 Å². The summed E-state index contributed by atoms with van der Waals surface area (Å²) in [5.74, 6) is 1.25. The predicted octanol–water partition coefficient (Wildman–Crippen LogP) is 2.18. The molecule has 0 atom stereocenters. The zero-order chi connectivity index (χ0) is 8.16. The molecule has 0 saturated carbocycles. The maximum atomic E-state index is 5.75. The van der Waals surface area contributed by atoms with Crippen molar-refractivity contribution in [3.05, 3.63) is 12.2 Å². The lowest BCUT2D eigenvalue weighted by Gasteiger charge is -2.26. The highest BCUT2D eigenvalue weighted by atomic mass is 32.2. The van der Waals surface area contributed by atoms with E-state index < -0.39 is 0 Å².